The third-order valence-corrected chi connectivity index (χ3v) is 2.61. The number of aromatic nitrogens is 2. The molecule has 15 heavy (non-hydrogen) atoms. The Labute approximate surface area is 93.2 Å². The number of fused-ring (bicyclic) bond motifs is 1. The van der Waals surface area contributed by atoms with Crippen LogP contribution in [0, 0.1) is 0 Å². The first-order chi connectivity index (χ1) is 7.18. The van der Waals surface area contributed by atoms with Gasteiger partial charge in [-0.1, -0.05) is 0 Å². The largest absolute Gasteiger partial charge is 0.375 e. The minimum Gasteiger partial charge on any atom is -0.375 e. The van der Waals surface area contributed by atoms with Crippen LogP contribution in [0.3, 0.4) is 0 Å². The van der Waals surface area contributed by atoms with Crippen molar-refractivity contribution < 1.29 is 8.78 Å². The number of hydrogen-bond acceptors (Lipinski definition) is 2. The Bertz CT molecular complexity index is 469. The molecule has 2 aromatic rings. The minimum atomic E-state index is -2.38. The van der Waals surface area contributed by atoms with Crippen LogP contribution in [0.25, 0.3) is 5.65 Å². The van der Waals surface area contributed by atoms with Gasteiger partial charge in [0.1, 0.15) is 0 Å². The Morgan fingerprint density at radius 1 is 1.47 bits per heavy atom. The summed E-state index contributed by atoms with van der Waals surface area (Å²) in [7, 11) is 0. The van der Waals surface area contributed by atoms with E-state index in [4.69, 9.17) is 0 Å². The van der Waals surface area contributed by atoms with Crippen LogP contribution in [-0.4, -0.2) is 22.4 Å². The minimum absolute atomic E-state index is 0.384. The molecular formula is C9H8BrF2N3. The second kappa shape index (κ2) is 4.14. The summed E-state index contributed by atoms with van der Waals surface area (Å²) >= 11 is 3.29. The highest BCUT2D eigenvalue weighted by Gasteiger charge is 2.09. The van der Waals surface area contributed by atoms with Crippen molar-refractivity contribution in [3.63, 3.8) is 0 Å². The second-order valence-corrected chi connectivity index (χ2v) is 3.82. The molecular weight excluding hydrogens is 268 g/mol. The zero-order chi connectivity index (χ0) is 10.8. The van der Waals surface area contributed by atoms with Gasteiger partial charge in [-0.2, -0.15) is 0 Å². The van der Waals surface area contributed by atoms with Gasteiger partial charge in [-0.25, -0.2) is 13.8 Å². The van der Waals surface area contributed by atoms with Crippen LogP contribution in [-0.2, 0) is 0 Å². The predicted octanol–water partition coefficient (Wildman–Crippen LogP) is 2.77. The quantitative estimate of drug-likeness (QED) is 0.934. The van der Waals surface area contributed by atoms with Crippen molar-refractivity contribution in [2.75, 3.05) is 11.9 Å². The van der Waals surface area contributed by atoms with Gasteiger partial charge in [0.05, 0.1) is 12.2 Å². The summed E-state index contributed by atoms with van der Waals surface area (Å²) in [5.41, 5.74) is 1.22. The maximum absolute atomic E-state index is 12.1. The van der Waals surface area contributed by atoms with Crippen molar-refractivity contribution in [1.29, 1.82) is 0 Å². The van der Waals surface area contributed by atoms with Crippen molar-refractivity contribution >= 4 is 27.3 Å². The van der Waals surface area contributed by atoms with E-state index in [0.717, 1.165) is 4.47 Å². The molecule has 80 valence electrons. The van der Waals surface area contributed by atoms with Gasteiger partial charge in [0.25, 0.3) is 6.43 Å². The summed E-state index contributed by atoms with van der Waals surface area (Å²) < 4.78 is 26.6. The second-order valence-electron chi connectivity index (χ2n) is 2.97. The Morgan fingerprint density at radius 2 is 2.27 bits per heavy atom. The maximum Gasteiger partial charge on any atom is 0.255 e. The van der Waals surface area contributed by atoms with Crippen molar-refractivity contribution in [1.82, 2.24) is 9.38 Å². The van der Waals surface area contributed by atoms with Gasteiger partial charge < -0.3 is 9.72 Å². The SMILES string of the molecule is FC(F)CNc1c(Br)ccn2ccnc12. The molecule has 0 bridgehead atoms. The summed E-state index contributed by atoms with van der Waals surface area (Å²) in [6, 6.07) is 1.78. The van der Waals surface area contributed by atoms with Crippen LogP contribution in [0.2, 0.25) is 0 Å². The van der Waals surface area contributed by atoms with Crippen molar-refractivity contribution in [2.45, 2.75) is 6.43 Å². The summed E-state index contributed by atoms with van der Waals surface area (Å²) in [5, 5.41) is 2.66. The lowest BCUT2D eigenvalue weighted by Gasteiger charge is -2.09. The van der Waals surface area contributed by atoms with Crippen LogP contribution in [0.15, 0.2) is 29.1 Å². The molecule has 0 atom stereocenters. The van der Waals surface area contributed by atoms with Crippen molar-refractivity contribution in [2.24, 2.45) is 0 Å². The molecule has 0 aliphatic rings. The summed E-state index contributed by atoms with van der Waals surface area (Å²) in [6.07, 6.45) is 2.80. The highest BCUT2D eigenvalue weighted by Crippen LogP contribution is 2.26. The van der Waals surface area contributed by atoms with Crippen LogP contribution < -0.4 is 5.32 Å². The topological polar surface area (TPSA) is 29.3 Å². The molecule has 0 fully saturated rings. The molecule has 0 amide bonds. The molecule has 0 aromatic carbocycles. The molecule has 0 saturated carbocycles. The molecule has 2 heterocycles. The van der Waals surface area contributed by atoms with Crippen LogP contribution in [0.5, 0.6) is 0 Å². The van der Waals surface area contributed by atoms with Crippen LogP contribution >= 0.6 is 15.9 Å². The van der Waals surface area contributed by atoms with E-state index in [-0.39, 0.29) is 6.54 Å². The van der Waals surface area contributed by atoms with Gasteiger partial charge in [0.2, 0.25) is 0 Å². The van der Waals surface area contributed by atoms with Gasteiger partial charge in [-0.15, -0.1) is 0 Å². The van der Waals surface area contributed by atoms with E-state index >= 15 is 0 Å². The highest BCUT2D eigenvalue weighted by molar-refractivity contribution is 9.10. The molecule has 0 aliphatic carbocycles. The molecule has 0 aliphatic heterocycles. The summed E-state index contributed by atoms with van der Waals surface area (Å²) in [4.78, 5) is 4.08. The Balaban J connectivity index is 2.38. The number of hydrogen-bond donors (Lipinski definition) is 1. The Kier molecular flexibility index (Phi) is 2.86. The number of pyridine rings is 1. The number of anilines is 1. The van der Waals surface area contributed by atoms with Gasteiger partial charge in [0, 0.05) is 23.1 Å². The third-order valence-electron chi connectivity index (χ3n) is 1.95. The highest BCUT2D eigenvalue weighted by atomic mass is 79.9. The lowest BCUT2D eigenvalue weighted by Crippen LogP contribution is -2.11. The first kappa shape index (κ1) is 10.4. The van der Waals surface area contributed by atoms with Gasteiger partial charge >= 0.3 is 0 Å². The fraction of sp³-hybridized carbons (Fsp3) is 0.222. The number of halogens is 3. The lowest BCUT2D eigenvalue weighted by molar-refractivity contribution is 0.163. The van der Waals surface area contributed by atoms with Crippen LogP contribution in [0.1, 0.15) is 0 Å². The number of alkyl halides is 2. The van der Waals surface area contributed by atoms with E-state index in [2.05, 4.69) is 26.2 Å². The van der Waals surface area contributed by atoms with E-state index < -0.39 is 6.43 Å². The molecule has 2 aromatic heterocycles. The molecule has 1 N–H and O–H groups in total. The van der Waals surface area contributed by atoms with Crippen LogP contribution in [0.4, 0.5) is 14.5 Å². The van der Waals surface area contributed by atoms with Gasteiger partial charge in [-0.05, 0) is 22.0 Å². The standard InChI is InChI=1S/C9H8BrF2N3/c10-6-1-3-15-4-2-13-9(15)8(6)14-5-7(11)12/h1-4,7,14H,5H2. The van der Waals surface area contributed by atoms with E-state index in [1.807, 2.05) is 0 Å². The monoisotopic (exact) mass is 275 g/mol. The molecule has 0 unspecified atom stereocenters. The van der Waals surface area contributed by atoms with Crippen molar-refractivity contribution in [3.8, 4) is 0 Å². The number of imidazole rings is 1. The number of nitrogens with one attached hydrogen (secondary N) is 1. The van der Waals surface area contributed by atoms with Crippen molar-refractivity contribution in [3.05, 3.63) is 29.1 Å². The average Bonchev–Trinajstić information content (AvgIpc) is 2.63. The number of nitrogens with zero attached hydrogens (tertiary/aromatic N) is 2. The molecule has 2 rings (SSSR count). The smallest absolute Gasteiger partial charge is 0.255 e. The third kappa shape index (κ3) is 2.09. The summed E-state index contributed by atoms with van der Waals surface area (Å²) in [6.45, 7) is -0.384. The van der Waals surface area contributed by atoms with E-state index in [1.165, 1.54) is 0 Å². The Morgan fingerprint density at radius 3 is 3.00 bits per heavy atom. The zero-order valence-corrected chi connectivity index (χ0v) is 9.21. The molecule has 0 radical (unpaired) electrons. The maximum atomic E-state index is 12.1. The molecule has 0 spiro atoms. The molecule has 3 nitrogen and oxygen atoms in total. The fourth-order valence-electron chi connectivity index (χ4n) is 1.31. The van der Waals surface area contributed by atoms with E-state index in [0.29, 0.717) is 11.3 Å². The normalized spacial score (nSPS) is 11.2. The van der Waals surface area contributed by atoms with E-state index in [9.17, 15) is 8.78 Å². The molecule has 0 saturated heterocycles. The predicted molar refractivity (Wildman–Crippen MR) is 57.4 cm³/mol. The first-order valence-electron chi connectivity index (χ1n) is 4.31. The lowest BCUT2D eigenvalue weighted by atomic mass is 10.4. The van der Waals surface area contributed by atoms with Gasteiger partial charge in [-0.3, -0.25) is 0 Å². The van der Waals surface area contributed by atoms with E-state index in [1.54, 1.807) is 29.1 Å². The Hall–Kier alpha value is -1.17. The fourth-order valence-corrected chi connectivity index (χ4v) is 1.74. The zero-order valence-electron chi connectivity index (χ0n) is 7.62. The number of rotatable bonds is 3. The first-order valence-corrected chi connectivity index (χ1v) is 5.11. The molecule has 6 heteroatoms. The van der Waals surface area contributed by atoms with Gasteiger partial charge in [0.15, 0.2) is 5.65 Å². The average molecular weight is 276 g/mol. The summed E-state index contributed by atoms with van der Waals surface area (Å²) in [5.74, 6) is 0.